The third kappa shape index (κ3) is 7.88. The van der Waals surface area contributed by atoms with Crippen molar-refractivity contribution in [2.24, 2.45) is 5.92 Å². The van der Waals surface area contributed by atoms with Gasteiger partial charge in [0.1, 0.15) is 18.4 Å². The zero-order valence-corrected chi connectivity index (χ0v) is 31.9. The minimum atomic E-state index is -1.90. The second kappa shape index (κ2) is 13.7. The summed E-state index contributed by atoms with van der Waals surface area (Å²) >= 11 is 0. The van der Waals surface area contributed by atoms with Gasteiger partial charge in [0.2, 0.25) is 0 Å². The molecule has 0 aliphatic carbocycles. The second-order valence-corrected chi connectivity index (χ2v) is 26.2. The molecule has 1 aromatic carbocycles. The van der Waals surface area contributed by atoms with E-state index in [-0.39, 0.29) is 23.0 Å². The van der Waals surface area contributed by atoms with Gasteiger partial charge in [0.05, 0.1) is 18.8 Å². The number of nitrogens with zero attached hydrogens (tertiary/aromatic N) is 7. The van der Waals surface area contributed by atoms with E-state index in [1.165, 1.54) is 0 Å². The average molecular weight is 676 g/mol. The van der Waals surface area contributed by atoms with Gasteiger partial charge in [-0.15, -0.1) is 0 Å². The van der Waals surface area contributed by atoms with Crippen LogP contribution < -0.4 is 4.90 Å². The molecule has 1 fully saturated rings. The highest BCUT2D eigenvalue weighted by Gasteiger charge is 2.41. The highest BCUT2D eigenvalue weighted by molar-refractivity contribution is 6.76. The second-order valence-electron chi connectivity index (χ2n) is 15.8. The van der Waals surface area contributed by atoms with Crippen LogP contribution in [0.4, 0.5) is 10.6 Å². The molecule has 10 nitrogen and oxygen atoms in total. The number of fused-ring (bicyclic) bond motifs is 1. The van der Waals surface area contributed by atoms with Gasteiger partial charge in [-0.05, 0) is 41.7 Å². The molecule has 12 heteroatoms. The molecule has 254 valence electrons. The van der Waals surface area contributed by atoms with Gasteiger partial charge in [-0.25, -0.2) is 19.3 Å². The number of ether oxygens (including phenoxy) is 1. The lowest BCUT2D eigenvalue weighted by atomic mass is 10.0. The molecule has 0 bridgehead atoms. The molecule has 47 heavy (non-hydrogen) atoms. The number of carbonyl (C=O) groups is 1. The summed E-state index contributed by atoms with van der Waals surface area (Å²) in [6.45, 7) is 25.6. The van der Waals surface area contributed by atoms with Crippen molar-refractivity contribution < 1.29 is 14.0 Å². The van der Waals surface area contributed by atoms with Crippen LogP contribution in [0.25, 0.3) is 28.2 Å². The van der Waals surface area contributed by atoms with E-state index in [1.54, 1.807) is 4.52 Å². The molecule has 5 rings (SSSR count). The van der Waals surface area contributed by atoms with Crippen molar-refractivity contribution in [1.29, 1.82) is 0 Å². The zero-order chi connectivity index (χ0) is 34.1. The SMILES string of the molecule is CC(C)C1CN(CCO[Si](C)(C)C(C)(C)C)C(=O)N1c1ccn2ncc(-c3ccc(-c4nccn4COCC[Si](C)(C)C)cc3)c2n1. The Morgan fingerprint density at radius 1 is 0.979 bits per heavy atom. The third-order valence-corrected chi connectivity index (χ3v) is 15.9. The standard InChI is InChI=1S/C35H53N7O3Si2/c1-26(2)30-24-39(19-20-45-47(9,10)35(3,4)5)34(43)42(30)31-15-17-41-33(38-31)29(23-37-41)27-11-13-28(14-12-27)32-36-16-18-40(32)25-44-21-22-46(6,7)8/h11-18,23,26,30H,19-22,24-25H2,1-10H3. The fraction of sp³-hybridized carbons (Fsp3) is 0.543. The number of carbonyl (C=O) groups excluding carboxylic acids is 1. The van der Waals surface area contributed by atoms with Gasteiger partial charge in [-0.1, -0.05) is 78.5 Å². The fourth-order valence-corrected chi connectivity index (χ4v) is 7.27. The lowest BCUT2D eigenvalue weighted by Crippen LogP contribution is -2.43. The molecule has 1 aliphatic rings. The Labute approximate surface area is 282 Å². The van der Waals surface area contributed by atoms with Crippen LogP contribution in [-0.4, -0.2) is 83.8 Å². The van der Waals surface area contributed by atoms with Crippen molar-refractivity contribution in [3.05, 3.63) is 55.1 Å². The first-order chi connectivity index (χ1) is 22.1. The Kier molecular flexibility index (Phi) is 10.2. The Morgan fingerprint density at radius 2 is 1.68 bits per heavy atom. The molecule has 0 spiro atoms. The summed E-state index contributed by atoms with van der Waals surface area (Å²) in [4.78, 5) is 27.3. The van der Waals surface area contributed by atoms with Gasteiger partial charge in [0.15, 0.2) is 14.0 Å². The minimum absolute atomic E-state index is 0.0132. The molecular weight excluding hydrogens is 623 g/mol. The molecule has 4 aromatic rings. The maximum Gasteiger partial charge on any atom is 0.326 e. The molecule has 1 saturated heterocycles. The molecule has 1 aliphatic heterocycles. The van der Waals surface area contributed by atoms with Crippen LogP contribution in [0.1, 0.15) is 34.6 Å². The number of urea groups is 1. The summed E-state index contributed by atoms with van der Waals surface area (Å²) in [5, 5.41) is 4.70. The lowest BCUT2D eigenvalue weighted by molar-refractivity contribution is 0.0883. The van der Waals surface area contributed by atoms with E-state index in [4.69, 9.17) is 14.1 Å². The largest absolute Gasteiger partial charge is 0.415 e. The van der Waals surface area contributed by atoms with E-state index < -0.39 is 16.4 Å². The molecule has 0 N–H and O–H groups in total. The number of anilines is 1. The average Bonchev–Trinajstić information content (AvgIpc) is 3.71. The van der Waals surface area contributed by atoms with Crippen molar-refractivity contribution in [2.75, 3.05) is 31.2 Å². The van der Waals surface area contributed by atoms with Crippen molar-refractivity contribution >= 4 is 33.9 Å². The molecule has 1 atom stereocenters. The van der Waals surface area contributed by atoms with Crippen LogP contribution >= 0.6 is 0 Å². The Hall–Kier alpha value is -3.33. The predicted octanol–water partition coefficient (Wildman–Crippen LogP) is 7.86. The highest BCUT2D eigenvalue weighted by Crippen LogP contribution is 2.37. The fourth-order valence-electron chi connectivity index (χ4n) is 5.48. The van der Waals surface area contributed by atoms with Gasteiger partial charge in [0, 0.05) is 57.5 Å². The van der Waals surface area contributed by atoms with Crippen LogP contribution in [0.5, 0.6) is 0 Å². The van der Waals surface area contributed by atoms with Crippen molar-refractivity contribution in [3.8, 4) is 22.5 Å². The van der Waals surface area contributed by atoms with Crippen LogP contribution in [0.3, 0.4) is 0 Å². The summed E-state index contributed by atoms with van der Waals surface area (Å²) in [6.07, 6.45) is 7.50. The summed E-state index contributed by atoms with van der Waals surface area (Å²) < 4.78 is 16.2. The van der Waals surface area contributed by atoms with Crippen molar-refractivity contribution in [1.82, 2.24) is 29.0 Å². The van der Waals surface area contributed by atoms with E-state index in [0.29, 0.717) is 37.9 Å². The number of amides is 2. The van der Waals surface area contributed by atoms with Gasteiger partial charge >= 0.3 is 6.03 Å². The van der Waals surface area contributed by atoms with Crippen molar-refractivity contribution in [2.45, 2.75) is 91.2 Å². The zero-order valence-electron chi connectivity index (χ0n) is 29.9. The topological polar surface area (TPSA) is 90.0 Å². The summed E-state index contributed by atoms with van der Waals surface area (Å²) in [7, 11) is -3.04. The van der Waals surface area contributed by atoms with Gasteiger partial charge in [-0.2, -0.15) is 5.10 Å². The molecule has 0 saturated carbocycles. The first-order valence-electron chi connectivity index (χ1n) is 16.8. The molecule has 3 aromatic heterocycles. The number of aromatic nitrogens is 5. The maximum atomic E-state index is 13.8. The van der Waals surface area contributed by atoms with Crippen LogP contribution in [0.2, 0.25) is 43.8 Å². The van der Waals surface area contributed by atoms with E-state index in [1.807, 2.05) is 45.2 Å². The highest BCUT2D eigenvalue weighted by atomic mass is 28.4. The quantitative estimate of drug-likeness (QED) is 0.106. The monoisotopic (exact) mass is 675 g/mol. The Balaban J connectivity index is 1.33. The van der Waals surface area contributed by atoms with E-state index in [9.17, 15) is 4.79 Å². The summed E-state index contributed by atoms with van der Waals surface area (Å²) in [6, 6.07) is 11.3. The van der Waals surface area contributed by atoms with Crippen LogP contribution in [-0.2, 0) is 15.9 Å². The summed E-state index contributed by atoms with van der Waals surface area (Å²) in [5.41, 5.74) is 3.62. The normalized spacial score (nSPS) is 16.3. The number of imidazole rings is 1. The maximum absolute atomic E-state index is 13.8. The summed E-state index contributed by atoms with van der Waals surface area (Å²) in [5.74, 6) is 1.78. The molecule has 1 unspecified atom stereocenters. The predicted molar refractivity (Wildman–Crippen MR) is 195 cm³/mol. The molecular formula is C35H53N7O3Si2. The van der Waals surface area contributed by atoms with Gasteiger partial charge < -0.3 is 18.6 Å². The minimum Gasteiger partial charge on any atom is -0.415 e. The lowest BCUT2D eigenvalue weighted by Gasteiger charge is -2.36. The third-order valence-electron chi connectivity index (χ3n) is 9.61. The van der Waals surface area contributed by atoms with Crippen LogP contribution in [0.15, 0.2) is 55.1 Å². The van der Waals surface area contributed by atoms with E-state index in [0.717, 1.165) is 35.2 Å². The van der Waals surface area contributed by atoms with Gasteiger partial charge in [-0.3, -0.25) is 4.90 Å². The Bertz CT molecular complexity index is 1670. The van der Waals surface area contributed by atoms with Gasteiger partial charge in [0.25, 0.3) is 0 Å². The van der Waals surface area contributed by atoms with E-state index >= 15 is 0 Å². The first-order valence-corrected chi connectivity index (χ1v) is 23.4. The smallest absolute Gasteiger partial charge is 0.326 e. The number of benzene rings is 1. The molecule has 0 radical (unpaired) electrons. The van der Waals surface area contributed by atoms with Crippen molar-refractivity contribution in [3.63, 3.8) is 0 Å². The van der Waals surface area contributed by atoms with Crippen LogP contribution in [0, 0.1) is 5.92 Å². The molecule has 2 amide bonds. The number of hydrogen-bond donors (Lipinski definition) is 0. The molecule has 4 heterocycles. The number of hydrogen-bond acceptors (Lipinski definition) is 6. The van der Waals surface area contributed by atoms with E-state index in [2.05, 4.69) is 102 Å². The Morgan fingerprint density at radius 3 is 2.34 bits per heavy atom. The first kappa shape index (κ1) is 35.0. The number of rotatable bonds is 13.